The van der Waals surface area contributed by atoms with Gasteiger partial charge in [0.15, 0.2) is 0 Å². The van der Waals surface area contributed by atoms with Crippen molar-refractivity contribution in [3.8, 4) is 0 Å². The third-order valence-corrected chi connectivity index (χ3v) is 6.71. The first-order valence-corrected chi connectivity index (χ1v) is 7.93. The van der Waals surface area contributed by atoms with Gasteiger partial charge >= 0.3 is 0 Å². The van der Waals surface area contributed by atoms with Crippen LogP contribution in [0.2, 0.25) is 0 Å². The van der Waals surface area contributed by atoms with Gasteiger partial charge in [-0.2, -0.15) is 0 Å². The number of rotatable bonds is 1. The average molecular weight is 272 g/mol. The summed E-state index contributed by atoms with van der Waals surface area (Å²) in [6.45, 7) is 14.2. The maximum Gasteiger partial charge on any atom is 0.0476 e. The van der Waals surface area contributed by atoms with Gasteiger partial charge < -0.3 is 5.11 Å². The van der Waals surface area contributed by atoms with E-state index in [2.05, 4.69) is 59.8 Å². The minimum Gasteiger partial charge on any atom is -0.396 e. The fourth-order valence-electron chi connectivity index (χ4n) is 5.68. The lowest BCUT2D eigenvalue weighted by molar-refractivity contribution is 0.0532. The summed E-state index contributed by atoms with van der Waals surface area (Å²) in [6, 6.07) is 0. The smallest absolute Gasteiger partial charge is 0.0476 e. The Labute approximate surface area is 123 Å². The highest BCUT2D eigenvalue weighted by atomic mass is 16.3. The summed E-state index contributed by atoms with van der Waals surface area (Å²) < 4.78 is 0. The molecule has 4 aliphatic carbocycles. The highest BCUT2D eigenvalue weighted by molar-refractivity contribution is 5.41. The largest absolute Gasteiger partial charge is 0.396 e. The zero-order chi connectivity index (χ0) is 14.9. The van der Waals surface area contributed by atoms with Gasteiger partial charge in [-0.25, -0.2) is 0 Å². The topological polar surface area (TPSA) is 20.2 Å². The number of allylic oxidation sites excluding steroid dienone is 6. The number of hydrogen-bond acceptors (Lipinski definition) is 1. The van der Waals surface area contributed by atoms with Crippen molar-refractivity contribution in [1.82, 2.24) is 0 Å². The standard InChI is InChI=1S/C19H28O/c1-11-7-18(5)8-13(3)17-16(15(18)10-20)12(2)9-19(17,6)14(11)4/h7-9,14-17,20H,10H2,1-6H3/b11-7-/t14-,15?,16?,17?,18?,19-/m0/s1. The minimum atomic E-state index is -0.000880. The summed E-state index contributed by atoms with van der Waals surface area (Å²) in [4.78, 5) is 0. The molecular formula is C19H28O. The van der Waals surface area contributed by atoms with Gasteiger partial charge in [0.2, 0.25) is 0 Å². The van der Waals surface area contributed by atoms with Crippen LogP contribution in [0.15, 0.2) is 34.9 Å². The van der Waals surface area contributed by atoms with Gasteiger partial charge in [-0.05, 0) is 43.9 Å². The first kappa shape index (κ1) is 14.1. The normalized spacial score (nSPS) is 52.9. The van der Waals surface area contributed by atoms with Crippen molar-refractivity contribution in [3.05, 3.63) is 34.9 Å². The van der Waals surface area contributed by atoms with E-state index in [1.165, 1.54) is 16.7 Å². The molecule has 1 N–H and O–H groups in total. The van der Waals surface area contributed by atoms with Gasteiger partial charge in [-0.1, -0.05) is 55.7 Å². The van der Waals surface area contributed by atoms with Crippen LogP contribution >= 0.6 is 0 Å². The Bertz CT molecular complexity index is 538. The molecule has 0 aromatic rings. The van der Waals surface area contributed by atoms with Crippen LogP contribution < -0.4 is 0 Å². The van der Waals surface area contributed by atoms with Crippen LogP contribution in [0.5, 0.6) is 0 Å². The summed E-state index contributed by atoms with van der Waals surface area (Å²) >= 11 is 0. The molecule has 0 aromatic heterocycles. The maximum atomic E-state index is 10.1. The van der Waals surface area contributed by atoms with Crippen LogP contribution in [0.3, 0.4) is 0 Å². The lowest BCUT2D eigenvalue weighted by atomic mass is 9.52. The van der Waals surface area contributed by atoms with Crippen molar-refractivity contribution in [2.24, 2.45) is 34.5 Å². The molecule has 0 saturated carbocycles. The number of fused-ring (bicyclic) bond motifs is 1. The van der Waals surface area contributed by atoms with Crippen LogP contribution in [0.1, 0.15) is 41.5 Å². The minimum absolute atomic E-state index is 0.000880. The second-order valence-electron chi connectivity index (χ2n) is 7.91. The molecule has 20 heavy (non-hydrogen) atoms. The second kappa shape index (κ2) is 4.10. The maximum absolute atomic E-state index is 10.1. The van der Waals surface area contributed by atoms with Crippen molar-refractivity contribution >= 4 is 0 Å². The van der Waals surface area contributed by atoms with E-state index in [1.54, 1.807) is 0 Å². The van der Waals surface area contributed by atoms with E-state index in [0.717, 1.165) is 0 Å². The average Bonchev–Trinajstić information content (AvgIpc) is 2.61. The van der Waals surface area contributed by atoms with Gasteiger partial charge in [-0.3, -0.25) is 0 Å². The molecule has 0 aliphatic heterocycles. The van der Waals surface area contributed by atoms with Crippen molar-refractivity contribution in [2.45, 2.75) is 41.5 Å². The van der Waals surface area contributed by atoms with Crippen LogP contribution in [-0.2, 0) is 0 Å². The molecule has 0 aromatic carbocycles. The Morgan fingerprint density at radius 3 is 2.20 bits per heavy atom. The molecule has 0 spiro atoms. The van der Waals surface area contributed by atoms with Crippen molar-refractivity contribution in [1.29, 1.82) is 0 Å². The molecule has 1 nitrogen and oxygen atoms in total. The third-order valence-electron chi connectivity index (χ3n) is 6.71. The molecule has 6 atom stereocenters. The van der Waals surface area contributed by atoms with Crippen LogP contribution in [0, 0.1) is 34.5 Å². The SMILES string of the molecule is CC1=C[C@]2(C)C3C(C)=CC(C)(/C=C(/C)[C@@H]2C)C(CO)C13. The monoisotopic (exact) mass is 272 g/mol. The summed E-state index contributed by atoms with van der Waals surface area (Å²) in [5.74, 6) is 1.95. The summed E-state index contributed by atoms with van der Waals surface area (Å²) in [6.07, 6.45) is 7.39. The molecule has 4 rings (SSSR count). The Hall–Kier alpha value is -0.820. The van der Waals surface area contributed by atoms with Crippen LogP contribution in [0.25, 0.3) is 0 Å². The Morgan fingerprint density at radius 1 is 1.00 bits per heavy atom. The Kier molecular flexibility index (Phi) is 2.90. The predicted octanol–water partition coefficient (Wildman–Crippen LogP) is 4.36. The zero-order valence-electron chi connectivity index (χ0n) is 13.7. The predicted molar refractivity (Wildman–Crippen MR) is 84.2 cm³/mol. The highest BCUT2D eigenvalue weighted by Crippen LogP contribution is 2.63. The summed E-state index contributed by atoms with van der Waals surface area (Å²) in [7, 11) is 0. The lowest BCUT2D eigenvalue weighted by Gasteiger charge is -2.52. The first-order valence-electron chi connectivity index (χ1n) is 7.93. The van der Waals surface area contributed by atoms with Crippen molar-refractivity contribution in [2.75, 3.05) is 6.61 Å². The van der Waals surface area contributed by atoms with E-state index in [4.69, 9.17) is 0 Å². The summed E-state index contributed by atoms with van der Waals surface area (Å²) in [5, 5.41) is 10.1. The quantitative estimate of drug-likeness (QED) is 0.703. The van der Waals surface area contributed by atoms with Crippen LogP contribution in [0.4, 0.5) is 0 Å². The molecule has 0 heterocycles. The highest BCUT2D eigenvalue weighted by Gasteiger charge is 2.57. The Balaban J connectivity index is 2.32. The fraction of sp³-hybridized carbons (Fsp3) is 0.684. The molecule has 4 aliphatic rings. The molecule has 0 fully saturated rings. The van der Waals surface area contributed by atoms with E-state index < -0.39 is 0 Å². The van der Waals surface area contributed by atoms with E-state index in [9.17, 15) is 5.11 Å². The van der Waals surface area contributed by atoms with Gasteiger partial charge in [0.1, 0.15) is 0 Å². The number of aliphatic hydroxyl groups is 1. The van der Waals surface area contributed by atoms with E-state index in [-0.39, 0.29) is 17.4 Å². The van der Waals surface area contributed by atoms with Crippen molar-refractivity contribution < 1.29 is 5.11 Å². The fourth-order valence-corrected chi connectivity index (χ4v) is 5.68. The van der Waals surface area contributed by atoms with Gasteiger partial charge in [-0.15, -0.1) is 0 Å². The number of aliphatic hydroxyl groups excluding tert-OH is 1. The second-order valence-corrected chi connectivity index (χ2v) is 7.91. The van der Waals surface area contributed by atoms with Crippen LogP contribution in [-0.4, -0.2) is 11.7 Å². The molecule has 0 amide bonds. The van der Waals surface area contributed by atoms with Gasteiger partial charge in [0, 0.05) is 17.9 Å². The first-order chi connectivity index (χ1) is 9.24. The Morgan fingerprint density at radius 2 is 1.60 bits per heavy atom. The van der Waals surface area contributed by atoms with E-state index in [1.807, 2.05) is 0 Å². The molecule has 4 unspecified atom stereocenters. The summed E-state index contributed by atoms with van der Waals surface area (Å²) in [5.41, 5.74) is 4.69. The zero-order valence-corrected chi connectivity index (χ0v) is 13.7. The van der Waals surface area contributed by atoms with Gasteiger partial charge in [0.05, 0.1) is 0 Å². The van der Waals surface area contributed by atoms with Crippen molar-refractivity contribution in [3.63, 3.8) is 0 Å². The molecule has 1 heteroatoms. The number of hydrogen-bond donors (Lipinski definition) is 1. The molecule has 110 valence electrons. The van der Waals surface area contributed by atoms with Gasteiger partial charge in [0.25, 0.3) is 0 Å². The third kappa shape index (κ3) is 1.53. The molecule has 0 radical (unpaired) electrons. The lowest BCUT2D eigenvalue weighted by Crippen LogP contribution is -2.47. The molecular weight excluding hydrogens is 244 g/mol. The van der Waals surface area contributed by atoms with E-state index in [0.29, 0.717) is 23.7 Å². The van der Waals surface area contributed by atoms with E-state index >= 15 is 0 Å². The molecule has 0 saturated heterocycles. The molecule has 4 bridgehead atoms.